The third-order valence-corrected chi connectivity index (χ3v) is 18.6. The molecule has 0 radical (unpaired) electrons. The Morgan fingerprint density at radius 1 is 0.330 bits per heavy atom. The molecule has 0 aromatic rings. The van der Waals surface area contributed by atoms with Crippen molar-refractivity contribution in [2.24, 2.45) is 0 Å². The molecule has 0 aliphatic rings. The highest BCUT2D eigenvalue weighted by molar-refractivity contribution is 7.47. The van der Waals surface area contributed by atoms with Gasteiger partial charge in [-0.2, -0.15) is 0 Å². The number of unbranched alkanes of at least 4 members (excludes halogenated alkanes) is 44. The van der Waals surface area contributed by atoms with Crippen LogP contribution in [0, 0.1) is 0 Å². The predicted octanol–water partition coefficient (Wildman–Crippen LogP) is 20.5. The van der Waals surface area contributed by atoms with Gasteiger partial charge in [-0.1, -0.05) is 230 Å². The van der Waals surface area contributed by atoms with Crippen molar-refractivity contribution in [1.82, 2.24) is 0 Å². The number of carbonyl (C=O) groups is 4. The first-order valence-corrected chi connectivity index (χ1v) is 41.1. The van der Waals surface area contributed by atoms with Crippen LogP contribution in [-0.4, -0.2) is 117 Å². The Bertz CT molecular complexity index is 1840. The Morgan fingerprint density at radius 3 is 0.926 bits per heavy atom. The second-order valence-corrected chi connectivity index (χ2v) is 28.7. The first-order chi connectivity index (χ1) is 46.0. The number of hydrogen-bond acceptors (Lipinski definition) is 15. The number of esters is 1. The van der Waals surface area contributed by atoms with E-state index in [1.807, 2.05) is 0 Å². The first kappa shape index (κ1) is 91.8. The van der Waals surface area contributed by atoms with Crippen LogP contribution in [-0.2, 0) is 65.4 Å². The monoisotopic (exact) mass is 1370 g/mol. The standard InChI is InChI=1S/C75H140O17P2/c1-2-3-4-5-6-7-8-17-24-31-38-45-52-59-75(80)88-69-74(87-65-58-51-44-37-30-23-16-13-20-27-34-41-48-55-62-78)71-92-94(83,84)90-67-72(79)66-89-93(81,82)91-70-73(86-64-57-50-43-36-29-22-15-12-19-26-33-40-47-54-61-77)68-85-63-56-49-42-35-28-21-14-10-9-11-18-25-32-39-46-53-60-76/h9,11-13,15-16,60-62,72-74,79H,2-8,10,14,17-59,63-71H2,1H3,(H,81,82)(H,83,84)/b11-9-,15-12-,16-13-/t72-,73-,74-/m1/s1. The summed E-state index contributed by atoms with van der Waals surface area (Å²) in [6.07, 6.45) is 68.9. The summed E-state index contributed by atoms with van der Waals surface area (Å²) < 4.78 is 70.5. The fourth-order valence-electron chi connectivity index (χ4n) is 10.8. The third-order valence-electron chi connectivity index (χ3n) is 16.7. The quantitative estimate of drug-likeness (QED) is 0.0169. The van der Waals surface area contributed by atoms with Gasteiger partial charge in [0.15, 0.2) is 0 Å². The smallest absolute Gasteiger partial charge is 0.463 e. The Balaban J connectivity index is 5.09. The molecule has 0 spiro atoms. The van der Waals surface area contributed by atoms with E-state index in [9.17, 15) is 43.2 Å². The molecule has 0 saturated carbocycles. The van der Waals surface area contributed by atoms with Gasteiger partial charge in [0.25, 0.3) is 0 Å². The number of phosphoric acid groups is 2. The Kier molecular flexibility index (Phi) is 71.7. The van der Waals surface area contributed by atoms with E-state index in [-0.39, 0.29) is 32.2 Å². The maximum Gasteiger partial charge on any atom is 0.472 e. The van der Waals surface area contributed by atoms with E-state index in [1.165, 1.54) is 96.3 Å². The normalized spacial score (nSPS) is 14.3. The van der Waals surface area contributed by atoms with Crippen molar-refractivity contribution in [2.45, 2.75) is 359 Å². The summed E-state index contributed by atoms with van der Waals surface area (Å²) in [4.78, 5) is 65.4. The van der Waals surface area contributed by atoms with Crippen molar-refractivity contribution < 1.29 is 80.2 Å². The van der Waals surface area contributed by atoms with Crippen LogP contribution in [0.2, 0.25) is 0 Å². The molecule has 17 nitrogen and oxygen atoms in total. The summed E-state index contributed by atoms with van der Waals surface area (Å²) in [7, 11) is -9.52. The molecule has 94 heavy (non-hydrogen) atoms. The molecule has 0 aliphatic heterocycles. The second kappa shape index (κ2) is 73.5. The van der Waals surface area contributed by atoms with Gasteiger partial charge >= 0.3 is 21.6 Å². The molecule has 5 atom stereocenters. The van der Waals surface area contributed by atoms with Gasteiger partial charge in [0, 0.05) is 45.5 Å². The number of hydrogen-bond donors (Lipinski definition) is 3. The SMILES string of the molecule is CCCCCCCCCCCCCCCC(=O)OC[C@H](COP(=O)(O)OC[C@H](O)COP(=O)(O)OC[C@@H](COCCCCCCCCC/C=C\CCCCCCC=O)OCCCCCCC/C=C\CCCCCCC=O)OCCCCCCC/C=C\CCCCCCC=O. The minimum atomic E-state index is -4.79. The van der Waals surface area contributed by atoms with Crippen molar-refractivity contribution >= 4 is 40.5 Å². The average molecular weight is 1380 g/mol. The molecule has 0 heterocycles. The van der Waals surface area contributed by atoms with Crippen molar-refractivity contribution in [1.29, 1.82) is 0 Å². The molecule has 0 bridgehead atoms. The maximum atomic E-state index is 13.1. The first-order valence-electron chi connectivity index (χ1n) is 38.1. The summed E-state index contributed by atoms with van der Waals surface area (Å²) in [6, 6.07) is 0. The van der Waals surface area contributed by atoms with E-state index < -0.39 is 53.8 Å². The van der Waals surface area contributed by atoms with E-state index in [0.717, 1.165) is 224 Å². The number of ether oxygens (including phenoxy) is 4. The Morgan fingerprint density at radius 2 is 0.596 bits per heavy atom. The zero-order valence-corrected chi connectivity index (χ0v) is 61.3. The maximum absolute atomic E-state index is 13.1. The second-order valence-electron chi connectivity index (χ2n) is 25.8. The van der Waals surface area contributed by atoms with E-state index in [2.05, 4.69) is 43.4 Å². The lowest BCUT2D eigenvalue weighted by atomic mass is 10.0. The summed E-state index contributed by atoms with van der Waals surface area (Å²) in [6.45, 7) is 1.24. The molecule has 0 saturated heterocycles. The van der Waals surface area contributed by atoms with Crippen LogP contribution in [0.3, 0.4) is 0 Å². The molecule has 0 aromatic carbocycles. The topological polar surface area (TPSA) is 237 Å². The van der Waals surface area contributed by atoms with Crippen molar-refractivity contribution in [3.63, 3.8) is 0 Å². The highest BCUT2D eigenvalue weighted by atomic mass is 31.2. The lowest BCUT2D eigenvalue weighted by molar-refractivity contribution is -0.149. The minimum Gasteiger partial charge on any atom is -0.463 e. The molecule has 19 heteroatoms. The number of allylic oxidation sites excluding steroid dienone is 6. The van der Waals surface area contributed by atoms with Crippen molar-refractivity contribution in [2.75, 3.05) is 59.5 Å². The lowest BCUT2D eigenvalue weighted by Gasteiger charge is -2.21. The van der Waals surface area contributed by atoms with Crippen LogP contribution < -0.4 is 0 Å². The number of carbonyl (C=O) groups excluding carboxylic acids is 4. The van der Waals surface area contributed by atoms with Crippen LogP contribution >= 0.6 is 15.6 Å². The van der Waals surface area contributed by atoms with Gasteiger partial charge in [-0.15, -0.1) is 0 Å². The number of rotatable bonds is 79. The predicted molar refractivity (Wildman–Crippen MR) is 382 cm³/mol. The van der Waals surface area contributed by atoms with E-state index >= 15 is 0 Å². The highest BCUT2D eigenvalue weighted by Gasteiger charge is 2.29. The Hall–Kier alpha value is -2.24. The van der Waals surface area contributed by atoms with Gasteiger partial charge in [0.05, 0.1) is 33.0 Å². The fraction of sp³-hybridized carbons (Fsp3) is 0.867. The van der Waals surface area contributed by atoms with E-state index in [4.69, 9.17) is 37.0 Å². The van der Waals surface area contributed by atoms with Gasteiger partial charge in [0.2, 0.25) is 0 Å². The van der Waals surface area contributed by atoms with Crippen LogP contribution in [0.5, 0.6) is 0 Å². The Labute approximate surface area is 573 Å². The van der Waals surface area contributed by atoms with Gasteiger partial charge in [-0.25, -0.2) is 9.13 Å². The van der Waals surface area contributed by atoms with Gasteiger partial charge in [0.1, 0.15) is 43.8 Å². The van der Waals surface area contributed by atoms with Crippen LogP contribution in [0.25, 0.3) is 0 Å². The molecule has 0 aliphatic carbocycles. The molecule has 0 amide bonds. The van der Waals surface area contributed by atoms with Gasteiger partial charge in [-0.05, 0) is 122 Å². The average Bonchev–Trinajstić information content (AvgIpc) is 1.74. The van der Waals surface area contributed by atoms with Crippen LogP contribution in [0.15, 0.2) is 36.5 Å². The molecule has 552 valence electrons. The van der Waals surface area contributed by atoms with Crippen molar-refractivity contribution in [3.05, 3.63) is 36.5 Å². The summed E-state index contributed by atoms with van der Waals surface area (Å²) in [5.74, 6) is -0.373. The molecular weight excluding hydrogens is 1230 g/mol. The minimum absolute atomic E-state index is 0.154. The van der Waals surface area contributed by atoms with Crippen LogP contribution in [0.4, 0.5) is 0 Å². The largest absolute Gasteiger partial charge is 0.472 e. The summed E-state index contributed by atoms with van der Waals surface area (Å²) >= 11 is 0. The van der Waals surface area contributed by atoms with Crippen LogP contribution in [0.1, 0.15) is 341 Å². The number of phosphoric ester groups is 2. The molecule has 0 rings (SSSR count). The highest BCUT2D eigenvalue weighted by Crippen LogP contribution is 2.45. The molecule has 0 fully saturated rings. The lowest BCUT2D eigenvalue weighted by Crippen LogP contribution is -2.28. The molecular formula is C75H140O17P2. The van der Waals surface area contributed by atoms with Gasteiger partial charge in [-0.3, -0.25) is 22.9 Å². The molecule has 3 N–H and O–H groups in total. The molecule has 0 aromatic heterocycles. The summed E-state index contributed by atoms with van der Waals surface area (Å²) in [5, 5.41) is 10.6. The van der Waals surface area contributed by atoms with Crippen molar-refractivity contribution in [3.8, 4) is 0 Å². The summed E-state index contributed by atoms with van der Waals surface area (Å²) in [5.41, 5.74) is 0. The van der Waals surface area contributed by atoms with E-state index in [0.29, 0.717) is 45.5 Å². The number of aliphatic hydroxyl groups is 1. The fourth-order valence-corrected chi connectivity index (χ4v) is 12.3. The third kappa shape index (κ3) is 72.5. The zero-order valence-electron chi connectivity index (χ0n) is 59.5. The number of aliphatic hydroxyl groups excluding tert-OH is 1. The molecule has 2 unspecified atom stereocenters. The zero-order chi connectivity index (χ0) is 68.5. The van der Waals surface area contributed by atoms with Gasteiger partial charge < -0.3 is 48.2 Å². The van der Waals surface area contributed by atoms with E-state index in [1.54, 1.807) is 0 Å². The number of aldehydes is 3.